The standard InChI is InChI=1S/C24H36N2O6/c1-18(2)17-32-20-9-7-19(8-10-20)21-22(25(12-15-30-4)13-16-31-5)24(28)26(23(21)27)11-6-14-29-3/h7-10,18H,6,11-17H2,1-5H3. The van der Waals surface area contributed by atoms with Crippen LogP contribution in [0.1, 0.15) is 25.8 Å². The monoisotopic (exact) mass is 448 g/mol. The zero-order valence-electron chi connectivity index (χ0n) is 19.9. The van der Waals surface area contributed by atoms with Gasteiger partial charge >= 0.3 is 0 Å². The molecule has 0 spiro atoms. The van der Waals surface area contributed by atoms with Gasteiger partial charge in [0.1, 0.15) is 11.4 Å². The largest absolute Gasteiger partial charge is 0.493 e. The molecule has 8 nitrogen and oxygen atoms in total. The van der Waals surface area contributed by atoms with Gasteiger partial charge in [0, 0.05) is 47.6 Å². The molecule has 0 bridgehead atoms. The number of ether oxygens (including phenoxy) is 4. The smallest absolute Gasteiger partial charge is 0.277 e. The number of carbonyl (C=O) groups excluding carboxylic acids is 2. The lowest BCUT2D eigenvalue weighted by atomic mass is 10.0. The molecule has 1 aliphatic heterocycles. The molecular weight excluding hydrogens is 412 g/mol. The van der Waals surface area contributed by atoms with Crippen LogP contribution in [0.2, 0.25) is 0 Å². The van der Waals surface area contributed by atoms with E-state index in [1.54, 1.807) is 21.3 Å². The molecule has 1 aromatic carbocycles. The lowest BCUT2D eigenvalue weighted by molar-refractivity contribution is -0.137. The number of nitrogens with zero attached hydrogens (tertiary/aromatic N) is 2. The number of amides is 2. The molecule has 8 heteroatoms. The quantitative estimate of drug-likeness (QED) is 0.301. The van der Waals surface area contributed by atoms with Crippen molar-refractivity contribution in [3.63, 3.8) is 0 Å². The Morgan fingerprint density at radius 1 is 0.875 bits per heavy atom. The van der Waals surface area contributed by atoms with Crippen molar-refractivity contribution in [3.8, 4) is 5.75 Å². The SMILES string of the molecule is COCCCN1C(=O)C(c2ccc(OCC(C)C)cc2)=C(N(CCOC)CCOC)C1=O. The molecule has 0 aliphatic carbocycles. The number of carbonyl (C=O) groups is 2. The van der Waals surface area contributed by atoms with E-state index < -0.39 is 0 Å². The fourth-order valence-electron chi connectivity index (χ4n) is 3.41. The van der Waals surface area contributed by atoms with Crippen molar-refractivity contribution < 1.29 is 28.5 Å². The first-order valence-corrected chi connectivity index (χ1v) is 11.0. The zero-order chi connectivity index (χ0) is 23.5. The maximum Gasteiger partial charge on any atom is 0.277 e. The van der Waals surface area contributed by atoms with E-state index in [-0.39, 0.29) is 11.8 Å². The Morgan fingerprint density at radius 3 is 2.00 bits per heavy atom. The summed E-state index contributed by atoms with van der Waals surface area (Å²) in [5.41, 5.74) is 1.47. The number of hydrogen-bond acceptors (Lipinski definition) is 7. The van der Waals surface area contributed by atoms with Gasteiger partial charge in [0.05, 0.1) is 25.4 Å². The van der Waals surface area contributed by atoms with Crippen molar-refractivity contribution in [2.75, 3.05) is 67.4 Å². The maximum absolute atomic E-state index is 13.4. The molecule has 0 saturated carbocycles. The van der Waals surface area contributed by atoms with Gasteiger partial charge in [-0.2, -0.15) is 0 Å². The highest BCUT2D eigenvalue weighted by atomic mass is 16.5. The molecule has 0 N–H and O–H groups in total. The Kier molecular flexibility index (Phi) is 10.7. The minimum absolute atomic E-state index is 0.295. The van der Waals surface area contributed by atoms with Crippen LogP contribution in [0, 0.1) is 5.92 Å². The summed E-state index contributed by atoms with van der Waals surface area (Å²) in [6, 6.07) is 7.34. The lowest BCUT2D eigenvalue weighted by Crippen LogP contribution is -2.38. The first kappa shape index (κ1) is 25.8. The van der Waals surface area contributed by atoms with Crippen LogP contribution in [0.3, 0.4) is 0 Å². The topological polar surface area (TPSA) is 77.5 Å². The molecule has 1 heterocycles. The Hall–Kier alpha value is -2.42. The van der Waals surface area contributed by atoms with Crippen LogP contribution in [0.4, 0.5) is 0 Å². The van der Waals surface area contributed by atoms with E-state index in [9.17, 15) is 9.59 Å². The van der Waals surface area contributed by atoms with Gasteiger partial charge < -0.3 is 23.8 Å². The predicted molar refractivity (Wildman–Crippen MR) is 122 cm³/mol. The van der Waals surface area contributed by atoms with E-state index in [0.717, 1.165) is 5.75 Å². The first-order valence-electron chi connectivity index (χ1n) is 11.0. The van der Waals surface area contributed by atoms with Gasteiger partial charge in [-0.1, -0.05) is 26.0 Å². The second-order valence-corrected chi connectivity index (χ2v) is 8.03. The summed E-state index contributed by atoms with van der Waals surface area (Å²) in [7, 11) is 4.82. The minimum Gasteiger partial charge on any atom is -0.493 e. The van der Waals surface area contributed by atoms with Gasteiger partial charge in [0.25, 0.3) is 11.8 Å². The van der Waals surface area contributed by atoms with Crippen LogP contribution in [-0.2, 0) is 23.8 Å². The second-order valence-electron chi connectivity index (χ2n) is 8.03. The van der Waals surface area contributed by atoms with Crippen molar-refractivity contribution in [3.05, 3.63) is 35.5 Å². The predicted octanol–water partition coefficient (Wildman–Crippen LogP) is 2.43. The highest BCUT2D eigenvalue weighted by Crippen LogP contribution is 2.32. The Morgan fingerprint density at radius 2 is 1.47 bits per heavy atom. The fraction of sp³-hybridized carbons (Fsp3) is 0.583. The van der Waals surface area contributed by atoms with E-state index in [1.807, 2.05) is 29.2 Å². The number of imide groups is 1. The van der Waals surface area contributed by atoms with Gasteiger partial charge in [0.15, 0.2) is 0 Å². The Labute approximate surface area is 191 Å². The Balaban J connectivity index is 2.41. The van der Waals surface area contributed by atoms with Crippen molar-refractivity contribution in [1.29, 1.82) is 0 Å². The molecule has 32 heavy (non-hydrogen) atoms. The minimum atomic E-state index is -0.298. The summed E-state index contributed by atoms with van der Waals surface area (Å²) in [6.07, 6.45) is 0.576. The van der Waals surface area contributed by atoms with Crippen molar-refractivity contribution in [2.45, 2.75) is 20.3 Å². The lowest BCUT2D eigenvalue weighted by Gasteiger charge is -2.25. The average Bonchev–Trinajstić information content (AvgIpc) is 3.03. The number of rotatable bonds is 15. The van der Waals surface area contributed by atoms with Crippen LogP contribution in [0.15, 0.2) is 30.0 Å². The molecule has 0 atom stereocenters. The van der Waals surface area contributed by atoms with E-state index in [2.05, 4.69) is 13.8 Å². The van der Waals surface area contributed by atoms with Crippen LogP contribution in [-0.4, -0.2) is 89.0 Å². The van der Waals surface area contributed by atoms with Crippen LogP contribution in [0.5, 0.6) is 5.75 Å². The second kappa shape index (κ2) is 13.2. The fourth-order valence-corrected chi connectivity index (χ4v) is 3.41. The van der Waals surface area contributed by atoms with Gasteiger partial charge in [0.2, 0.25) is 0 Å². The van der Waals surface area contributed by atoms with Crippen LogP contribution in [0.25, 0.3) is 5.57 Å². The van der Waals surface area contributed by atoms with Crippen LogP contribution < -0.4 is 4.74 Å². The normalized spacial score (nSPS) is 14.1. The number of hydrogen-bond donors (Lipinski definition) is 0. The van der Waals surface area contributed by atoms with E-state index in [1.165, 1.54) is 4.90 Å². The van der Waals surface area contributed by atoms with Crippen molar-refractivity contribution in [1.82, 2.24) is 9.80 Å². The Bertz CT molecular complexity index is 767. The summed E-state index contributed by atoms with van der Waals surface area (Å²) < 4.78 is 21.3. The summed E-state index contributed by atoms with van der Waals surface area (Å²) in [6.45, 7) is 7.35. The molecule has 178 valence electrons. The zero-order valence-corrected chi connectivity index (χ0v) is 19.9. The third kappa shape index (κ3) is 6.79. The van der Waals surface area contributed by atoms with Crippen LogP contribution >= 0.6 is 0 Å². The highest BCUT2D eigenvalue weighted by molar-refractivity contribution is 6.35. The van der Waals surface area contributed by atoms with Gasteiger partial charge in [-0.25, -0.2) is 0 Å². The van der Waals surface area contributed by atoms with Crippen molar-refractivity contribution in [2.24, 2.45) is 5.92 Å². The van der Waals surface area contributed by atoms with E-state index in [4.69, 9.17) is 18.9 Å². The summed E-state index contributed by atoms with van der Waals surface area (Å²) in [5, 5.41) is 0. The van der Waals surface area contributed by atoms with Crippen molar-refractivity contribution >= 4 is 17.4 Å². The average molecular weight is 449 g/mol. The number of benzene rings is 1. The summed E-state index contributed by atoms with van der Waals surface area (Å²) >= 11 is 0. The summed E-state index contributed by atoms with van der Waals surface area (Å²) in [4.78, 5) is 29.9. The molecular formula is C24H36N2O6. The molecule has 0 fully saturated rings. The molecule has 0 unspecified atom stereocenters. The highest BCUT2D eigenvalue weighted by Gasteiger charge is 2.41. The van der Waals surface area contributed by atoms with E-state index >= 15 is 0 Å². The third-order valence-electron chi connectivity index (χ3n) is 5.05. The van der Waals surface area contributed by atoms with Gasteiger partial charge in [-0.05, 0) is 30.0 Å². The molecule has 2 rings (SSSR count). The molecule has 0 saturated heterocycles. The number of methoxy groups -OCH3 is 3. The molecule has 1 aromatic rings. The summed E-state index contributed by atoms with van der Waals surface area (Å²) in [5.74, 6) is 0.549. The third-order valence-corrected chi connectivity index (χ3v) is 5.05. The van der Waals surface area contributed by atoms with Gasteiger partial charge in [-0.15, -0.1) is 0 Å². The molecule has 1 aliphatic rings. The molecule has 0 aromatic heterocycles. The van der Waals surface area contributed by atoms with E-state index in [0.29, 0.717) is 75.2 Å². The molecule has 2 amide bonds. The van der Waals surface area contributed by atoms with Gasteiger partial charge in [-0.3, -0.25) is 14.5 Å². The maximum atomic E-state index is 13.4. The first-order chi connectivity index (χ1) is 15.4. The molecule has 0 radical (unpaired) electrons.